The largest absolute Gasteiger partial charge is 0.461 e. The van der Waals surface area contributed by atoms with Crippen molar-refractivity contribution >= 4 is 5.78 Å². The van der Waals surface area contributed by atoms with Gasteiger partial charge in [-0.25, -0.2) is 0 Å². The number of benzene rings is 1. The molecule has 1 aromatic heterocycles. The Morgan fingerprint density at radius 1 is 1.19 bits per heavy atom. The molecule has 1 heterocycles. The fourth-order valence-electron chi connectivity index (χ4n) is 1.62. The molecule has 0 saturated heterocycles. The summed E-state index contributed by atoms with van der Waals surface area (Å²) in [5.74, 6) is 0.450. The summed E-state index contributed by atoms with van der Waals surface area (Å²) >= 11 is 0. The number of rotatable bonds is 3. The standard InChI is InChI=1S/C14H14O2/c1-10-5-6-12(8-11(10)2)9-13(15)14-4-3-7-16-14/h3-8H,9H2,1-2H3. The second kappa shape index (κ2) is 4.35. The Morgan fingerprint density at radius 3 is 2.62 bits per heavy atom. The maximum Gasteiger partial charge on any atom is 0.202 e. The molecule has 0 bridgehead atoms. The van der Waals surface area contributed by atoms with Gasteiger partial charge < -0.3 is 4.42 Å². The summed E-state index contributed by atoms with van der Waals surface area (Å²) in [6.07, 6.45) is 1.92. The van der Waals surface area contributed by atoms with E-state index in [0.717, 1.165) is 5.56 Å². The van der Waals surface area contributed by atoms with Crippen LogP contribution >= 0.6 is 0 Å². The van der Waals surface area contributed by atoms with E-state index in [1.807, 2.05) is 12.1 Å². The van der Waals surface area contributed by atoms with E-state index in [0.29, 0.717) is 12.2 Å². The van der Waals surface area contributed by atoms with Crippen LogP contribution in [0.2, 0.25) is 0 Å². The van der Waals surface area contributed by atoms with Gasteiger partial charge in [-0.3, -0.25) is 4.79 Å². The predicted octanol–water partition coefficient (Wildman–Crippen LogP) is 3.32. The average Bonchev–Trinajstić information content (AvgIpc) is 2.77. The number of hydrogen-bond donors (Lipinski definition) is 0. The van der Waals surface area contributed by atoms with Crippen LogP contribution in [0.25, 0.3) is 0 Å². The van der Waals surface area contributed by atoms with Gasteiger partial charge in [-0.1, -0.05) is 18.2 Å². The number of carbonyl (C=O) groups is 1. The van der Waals surface area contributed by atoms with Gasteiger partial charge in [0.2, 0.25) is 5.78 Å². The fraction of sp³-hybridized carbons (Fsp3) is 0.214. The lowest BCUT2D eigenvalue weighted by atomic mass is 10.0. The van der Waals surface area contributed by atoms with Crippen molar-refractivity contribution in [3.05, 3.63) is 59.0 Å². The van der Waals surface area contributed by atoms with Crippen molar-refractivity contribution in [1.82, 2.24) is 0 Å². The minimum absolute atomic E-state index is 0.0215. The van der Waals surface area contributed by atoms with Crippen molar-refractivity contribution in [2.45, 2.75) is 20.3 Å². The molecule has 0 amide bonds. The van der Waals surface area contributed by atoms with Crippen molar-refractivity contribution in [3.8, 4) is 0 Å². The molecule has 0 N–H and O–H groups in total. The van der Waals surface area contributed by atoms with Gasteiger partial charge in [-0.15, -0.1) is 0 Å². The molecule has 2 rings (SSSR count). The molecule has 0 unspecified atom stereocenters. The van der Waals surface area contributed by atoms with Crippen LogP contribution in [0.5, 0.6) is 0 Å². The maximum absolute atomic E-state index is 11.8. The second-order valence-electron chi connectivity index (χ2n) is 4.00. The first-order valence-electron chi connectivity index (χ1n) is 5.29. The summed E-state index contributed by atoms with van der Waals surface area (Å²) in [4.78, 5) is 11.8. The molecule has 16 heavy (non-hydrogen) atoms. The zero-order valence-corrected chi connectivity index (χ0v) is 9.49. The first-order chi connectivity index (χ1) is 7.66. The third-order valence-corrected chi connectivity index (χ3v) is 2.73. The van der Waals surface area contributed by atoms with E-state index in [2.05, 4.69) is 19.9 Å². The Hall–Kier alpha value is -1.83. The normalized spacial score (nSPS) is 10.4. The smallest absolute Gasteiger partial charge is 0.202 e. The van der Waals surface area contributed by atoms with Crippen LogP contribution in [0.15, 0.2) is 41.0 Å². The molecule has 82 valence electrons. The van der Waals surface area contributed by atoms with Gasteiger partial charge in [-0.2, -0.15) is 0 Å². The van der Waals surface area contributed by atoms with Crippen molar-refractivity contribution in [1.29, 1.82) is 0 Å². The lowest BCUT2D eigenvalue weighted by molar-refractivity contribution is 0.0966. The predicted molar refractivity (Wildman–Crippen MR) is 62.7 cm³/mol. The maximum atomic E-state index is 11.8. The molecule has 0 fully saturated rings. The van der Waals surface area contributed by atoms with Crippen molar-refractivity contribution in [2.24, 2.45) is 0 Å². The van der Waals surface area contributed by atoms with Crippen molar-refractivity contribution in [2.75, 3.05) is 0 Å². The molecule has 0 aliphatic carbocycles. The van der Waals surface area contributed by atoms with Gasteiger partial charge in [0.15, 0.2) is 5.76 Å². The van der Waals surface area contributed by atoms with Gasteiger partial charge in [0.25, 0.3) is 0 Å². The Balaban J connectivity index is 2.15. The molecule has 2 heteroatoms. The van der Waals surface area contributed by atoms with Gasteiger partial charge in [0, 0.05) is 6.42 Å². The minimum atomic E-state index is 0.0215. The highest BCUT2D eigenvalue weighted by molar-refractivity contribution is 5.94. The van der Waals surface area contributed by atoms with Crippen LogP contribution in [0.1, 0.15) is 27.2 Å². The highest BCUT2D eigenvalue weighted by Crippen LogP contribution is 2.12. The van der Waals surface area contributed by atoms with Gasteiger partial charge in [-0.05, 0) is 42.7 Å². The number of aryl methyl sites for hydroxylation is 2. The minimum Gasteiger partial charge on any atom is -0.461 e. The molecule has 0 atom stereocenters. The Kier molecular flexibility index (Phi) is 2.91. The highest BCUT2D eigenvalue weighted by atomic mass is 16.3. The molecule has 1 aromatic carbocycles. The molecule has 2 nitrogen and oxygen atoms in total. The Labute approximate surface area is 94.9 Å². The van der Waals surface area contributed by atoms with Gasteiger partial charge in [0.1, 0.15) is 0 Å². The first kappa shape index (κ1) is 10.7. The molecule has 0 spiro atoms. The van der Waals surface area contributed by atoms with Crippen LogP contribution in [-0.4, -0.2) is 5.78 Å². The molecular weight excluding hydrogens is 200 g/mol. The third kappa shape index (κ3) is 2.22. The van der Waals surface area contributed by atoms with Crippen LogP contribution in [0.3, 0.4) is 0 Å². The molecule has 0 saturated carbocycles. The van der Waals surface area contributed by atoms with E-state index in [4.69, 9.17) is 4.42 Å². The molecular formula is C14H14O2. The summed E-state index contributed by atoms with van der Waals surface area (Å²) in [7, 11) is 0. The molecule has 0 aliphatic heterocycles. The molecule has 0 radical (unpaired) electrons. The number of ketones is 1. The second-order valence-corrected chi connectivity index (χ2v) is 4.00. The highest BCUT2D eigenvalue weighted by Gasteiger charge is 2.09. The van der Waals surface area contributed by atoms with Crippen molar-refractivity contribution < 1.29 is 9.21 Å². The van der Waals surface area contributed by atoms with Crippen LogP contribution < -0.4 is 0 Å². The van der Waals surface area contributed by atoms with E-state index in [9.17, 15) is 4.79 Å². The van der Waals surface area contributed by atoms with E-state index in [1.54, 1.807) is 12.1 Å². The Bertz CT molecular complexity index is 495. The summed E-state index contributed by atoms with van der Waals surface area (Å²) in [6.45, 7) is 4.11. The topological polar surface area (TPSA) is 30.2 Å². The van der Waals surface area contributed by atoms with Gasteiger partial charge >= 0.3 is 0 Å². The summed E-state index contributed by atoms with van der Waals surface area (Å²) < 4.78 is 5.07. The van der Waals surface area contributed by atoms with Gasteiger partial charge in [0.05, 0.1) is 6.26 Å². The number of Topliss-reactive ketones (excluding diaryl/α,β-unsaturated/α-hetero) is 1. The first-order valence-corrected chi connectivity index (χ1v) is 5.29. The van der Waals surface area contributed by atoms with E-state index >= 15 is 0 Å². The zero-order chi connectivity index (χ0) is 11.5. The quantitative estimate of drug-likeness (QED) is 0.734. The Morgan fingerprint density at radius 2 is 2.00 bits per heavy atom. The van der Waals surface area contributed by atoms with E-state index < -0.39 is 0 Å². The van der Waals surface area contributed by atoms with Crippen LogP contribution in [-0.2, 0) is 6.42 Å². The lowest BCUT2D eigenvalue weighted by Gasteiger charge is -2.03. The number of hydrogen-bond acceptors (Lipinski definition) is 2. The van der Waals surface area contributed by atoms with Crippen LogP contribution in [0.4, 0.5) is 0 Å². The number of furan rings is 1. The summed E-state index contributed by atoms with van der Waals surface area (Å²) in [5, 5.41) is 0. The summed E-state index contributed by atoms with van der Waals surface area (Å²) in [5.41, 5.74) is 3.49. The summed E-state index contributed by atoms with van der Waals surface area (Å²) in [6, 6.07) is 9.51. The zero-order valence-electron chi connectivity index (χ0n) is 9.49. The fourth-order valence-corrected chi connectivity index (χ4v) is 1.62. The monoisotopic (exact) mass is 214 g/mol. The SMILES string of the molecule is Cc1ccc(CC(=O)c2ccco2)cc1C. The van der Waals surface area contributed by atoms with E-state index in [-0.39, 0.29) is 5.78 Å². The van der Waals surface area contributed by atoms with Crippen molar-refractivity contribution in [3.63, 3.8) is 0 Å². The average molecular weight is 214 g/mol. The van der Waals surface area contributed by atoms with Crippen LogP contribution in [0, 0.1) is 13.8 Å². The third-order valence-electron chi connectivity index (χ3n) is 2.73. The molecule has 0 aliphatic rings. The number of carbonyl (C=O) groups excluding carboxylic acids is 1. The molecule has 2 aromatic rings. The lowest BCUT2D eigenvalue weighted by Crippen LogP contribution is -2.02. The van der Waals surface area contributed by atoms with E-state index in [1.165, 1.54) is 17.4 Å².